The molecule has 0 aliphatic rings. The zero-order valence-corrected chi connectivity index (χ0v) is 10.2. The first-order valence-corrected chi connectivity index (χ1v) is 5.48. The Morgan fingerprint density at radius 1 is 1.15 bits per heavy atom. The number of nitrogens with zero attached hydrogens (tertiary/aromatic N) is 1. The molecule has 0 aliphatic heterocycles. The second-order valence-corrected chi connectivity index (χ2v) is 4.49. The van der Waals surface area contributed by atoms with E-state index in [1.807, 2.05) is 19.1 Å². The summed E-state index contributed by atoms with van der Waals surface area (Å²) in [7, 11) is 0. The Morgan fingerprint density at radius 3 is 2.69 bits per heavy atom. The molecule has 0 spiro atoms. The number of rotatable bonds is 0. The van der Waals surface area contributed by atoms with Gasteiger partial charge in [-0.3, -0.25) is 0 Å². The minimum atomic E-state index is 0.906. The Morgan fingerprint density at radius 2 is 1.92 bits per heavy atom. The molecule has 1 aromatic heterocycles. The smallest absolute Gasteiger partial charge is 0.114 e. The van der Waals surface area contributed by atoms with Crippen molar-refractivity contribution in [2.75, 3.05) is 0 Å². The van der Waals surface area contributed by atoms with Crippen LogP contribution in [0.25, 0.3) is 10.8 Å². The molecule has 0 amide bonds. The van der Waals surface area contributed by atoms with Crippen LogP contribution < -0.4 is 0 Å². The van der Waals surface area contributed by atoms with Gasteiger partial charge in [-0.05, 0) is 35.0 Å². The zero-order valence-electron chi connectivity index (χ0n) is 7.01. The van der Waals surface area contributed by atoms with Gasteiger partial charge >= 0.3 is 0 Å². The molecule has 1 nitrogen and oxygen atoms in total. The lowest BCUT2D eigenvalue weighted by Crippen LogP contribution is -1.84. The Kier molecular flexibility index (Phi) is 2.39. The highest BCUT2D eigenvalue weighted by atomic mass is 79.9. The largest absolute Gasteiger partial charge is 0.246 e. The third-order valence-electron chi connectivity index (χ3n) is 1.90. The Bertz CT molecular complexity index is 466. The van der Waals surface area contributed by atoms with Gasteiger partial charge in [0.25, 0.3) is 0 Å². The quantitative estimate of drug-likeness (QED) is 0.668. The molecule has 0 aliphatic carbocycles. The van der Waals surface area contributed by atoms with E-state index in [4.69, 9.17) is 0 Å². The Labute approximate surface area is 93.4 Å². The molecule has 0 fully saturated rings. The maximum atomic E-state index is 4.34. The summed E-state index contributed by atoms with van der Waals surface area (Å²) in [5, 5.41) is 2.34. The van der Waals surface area contributed by atoms with Crippen molar-refractivity contribution in [3.8, 4) is 0 Å². The Balaban J connectivity index is 2.94. The summed E-state index contributed by atoms with van der Waals surface area (Å²) in [5.74, 6) is 0. The van der Waals surface area contributed by atoms with Gasteiger partial charge in [0.15, 0.2) is 0 Å². The predicted octanol–water partition coefficient (Wildman–Crippen LogP) is 4.07. The summed E-state index contributed by atoms with van der Waals surface area (Å²) < 4.78 is 2.01. The normalized spacial score (nSPS) is 10.7. The summed E-state index contributed by atoms with van der Waals surface area (Å²) in [5.41, 5.74) is 1.02. The van der Waals surface area contributed by atoms with Crippen molar-refractivity contribution in [3.63, 3.8) is 0 Å². The van der Waals surface area contributed by atoms with Crippen LogP contribution in [0.4, 0.5) is 0 Å². The molecule has 66 valence electrons. The third kappa shape index (κ3) is 1.63. The molecule has 2 aromatic rings. The van der Waals surface area contributed by atoms with Gasteiger partial charge in [0.1, 0.15) is 4.60 Å². The second kappa shape index (κ2) is 3.39. The van der Waals surface area contributed by atoms with Crippen molar-refractivity contribution in [1.82, 2.24) is 4.98 Å². The number of aromatic nitrogens is 1. The zero-order chi connectivity index (χ0) is 9.42. The van der Waals surface area contributed by atoms with Gasteiger partial charge in [0.2, 0.25) is 0 Å². The predicted molar refractivity (Wildman–Crippen MR) is 61.9 cm³/mol. The van der Waals surface area contributed by atoms with Crippen LogP contribution in [-0.4, -0.2) is 4.98 Å². The van der Waals surface area contributed by atoms with E-state index in [1.54, 1.807) is 0 Å². The molecular formula is C10H7Br2N. The van der Waals surface area contributed by atoms with E-state index in [2.05, 4.69) is 49.0 Å². The van der Waals surface area contributed by atoms with Crippen molar-refractivity contribution >= 4 is 42.6 Å². The van der Waals surface area contributed by atoms with E-state index in [9.17, 15) is 0 Å². The van der Waals surface area contributed by atoms with Gasteiger partial charge in [0, 0.05) is 20.9 Å². The number of fused-ring (bicyclic) bond motifs is 1. The van der Waals surface area contributed by atoms with Crippen LogP contribution >= 0.6 is 31.9 Å². The molecule has 1 aromatic carbocycles. The standard InChI is InChI=1S/C10H7Br2N/c1-6-5-8-7(10(12)13-6)3-2-4-9(8)11/h2-5H,1H3. The average Bonchev–Trinajstić information content (AvgIpc) is 2.07. The fraction of sp³-hybridized carbons (Fsp3) is 0.100. The van der Waals surface area contributed by atoms with Crippen LogP contribution in [0.2, 0.25) is 0 Å². The summed E-state index contributed by atoms with van der Waals surface area (Å²) in [6, 6.07) is 8.17. The van der Waals surface area contributed by atoms with Gasteiger partial charge in [-0.2, -0.15) is 0 Å². The van der Waals surface area contributed by atoms with Gasteiger partial charge in [0.05, 0.1) is 0 Å². The highest BCUT2D eigenvalue weighted by Gasteiger charge is 2.03. The molecule has 13 heavy (non-hydrogen) atoms. The van der Waals surface area contributed by atoms with E-state index in [-0.39, 0.29) is 0 Å². The van der Waals surface area contributed by atoms with Crippen LogP contribution in [0, 0.1) is 6.92 Å². The van der Waals surface area contributed by atoms with E-state index < -0.39 is 0 Å². The van der Waals surface area contributed by atoms with E-state index >= 15 is 0 Å². The van der Waals surface area contributed by atoms with Gasteiger partial charge in [-0.25, -0.2) is 4.98 Å². The fourth-order valence-electron chi connectivity index (χ4n) is 1.32. The van der Waals surface area contributed by atoms with Crippen LogP contribution in [0.5, 0.6) is 0 Å². The number of hydrogen-bond acceptors (Lipinski definition) is 1. The summed E-state index contributed by atoms with van der Waals surface area (Å²) in [6.07, 6.45) is 0. The molecule has 0 bridgehead atoms. The lowest BCUT2D eigenvalue weighted by molar-refractivity contribution is 1.19. The number of aryl methyl sites for hydroxylation is 1. The van der Waals surface area contributed by atoms with Gasteiger partial charge in [-0.1, -0.05) is 28.1 Å². The minimum Gasteiger partial charge on any atom is -0.246 e. The second-order valence-electron chi connectivity index (χ2n) is 2.89. The molecule has 3 heteroatoms. The SMILES string of the molecule is Cc1cc2c(Br)cccc2c(Br)n1. The maximum absolute atomic E-state index is 4.34. The monoisotopic (exact) mass is 299 g/mol. The van der Waals surface area contributed by atoms with Crippen molar-refractivity contribution < 1.29 is 0 Å². The lowest BCUT2D eigenvalue weighted by atomic mass is 10.1. The number of hydrogen-bond donors (Lipinski definition) is 0. The summed E-state index contributed by atoms with van der Waals surface area (Å²) >= 11 is 6.97. The van der Waals surface area contributed by atoms with E-state index in [0.717, 1.165) is 20.2 Å². The molecule has 0 saturated carbocycles. The lowest BCUT2D eigenvalue weighted by Gasteiger charge is -2.03. The highest BCUT2D eigenvalue weighted by Crippen LogP contribution is 2.28. The number of pyridine rings is 1. The maximum Gasteiger partial charge on any atom is 0.114 e. The van der Waals surface area contributed by atoms with Crippen molar-refractivity contribution in [3.05, 3.63) is 39.0 Å². The summed E-state index contributed by atoms with van der Waals surface area (Å²) in [6.45, 7) is 1.99. The summed E-state index contributed by atoms with van der Waals surface area (Å²) in [4.78, 5) is 4.34. The molecule has 0 saturated heterocycles. The van der Waals surface area contributed by atoms with E-state index in [0.29, 0.717) is 0 Å². The topological polar surface area (TPSA) is 12.9 Å². The number of benzene rings is 1. The molecule has 0 radical (unpaired) electrons. The van der Waals surface area contributed by atoms with Crippen LogP contribution in [-0.2, 0) is 0 Å². The third-order valence-corrected chi connectivity index (χ3v) is 3.20. The van der Waals surface area contributed by atoms with Crippen molar-refractivity contribution in [2.45, 2.75) is 6.92 Å². The van der Waals surface area contributed by atoms with Crippen molar-refractivity contribution in [2.24, 2.45) is 0 Å². The minimum absolute atomic E-state index is 0.906. The van der Waals surface area contributed by atoms with Gasteiger partial charge < -0.3 is 0 Å². The molecule has 0 atom stereocenters. The van der Waals surface area contributed by atoms with Crippen LogP contribution in [0.1, 0.15) is 5.69 Å². The fourth-order valence-corrected chi connectivity index (χ4v) is 2.43. The van der Waals surface area contributed by atoms with Crippen LogP contribution in [0.15, 0.2) is 33.3 Å². The molecule has 1 heterocycles. The average molecular weight is 301 g/mol. The molecule has 0 unspecified atom stereocenters. The first-order chi connectivity index (χ1) is 6.18. The first-order valence-electron chi connectivity index (χ1n) is 3.90. The molecular weight excluding hydrogens is 294 g/mol. The number of halogens is 2. The first kappa shape index (κ1) is 9.16. The Hall–Kier alpha value is -0.410. The van der Waals surface area contributed by atoms with Gasteiger partial charge in [-0.15, -0.1) is 0 Å². The molecule has 2 rings (SSSR count). The van der Waals surface area contributed by atoms with Crippen molar-refractivity contribution in [1.29, 1.82) is 0 Å². The van der Waals surface area contributed by atoms with E-state index in [1.165, 1.54) is 5.39 Å². The van der Waals surface area contributed by atoms with Crippen LogP contribution in [0.3, 0.4) is 0 Å². The highest BCUT2D eigenvalue weighted by molar-refractivity contribution is 9.11. The molecule has 0 N–H and O–H groups in total.